The molecule has 0 radical (unpaired) electrons. The number of para-hydroxylation sites is 1. The summed E-state index contributed by atoms with van der Waals surface area (Å²) >= 11 is 0. The first-order chi connectivity index (χ1) is 16.0. The summed E-state index contributed by atoms with van der Waals surface area (Å²) in [5.41, 5.74) is 2.84. The fourth-order valence-corrected chi connectivity index (χ4v) is 3.72. The van der Waals surface area contributed by atoms with Gasteiger partial charge in [0.25, 0.3) is 5.56 Å². The van der Waals surface area contributed by atoms with Crippen LogP contribution in [0.5, 0.6) is 17.2 Å². The van der Waals surface area contributed by atoms with E-state index in [0.29, 0.717) is 45.3 Å². The standard InChI is InChI=1S/C25H23N3O5/c1-15-18(14-26-28(15)20-13-24(30)27-19-8-6-5-7-17(19)20)21(29)10-9-16-11-22(31-2)25(33-4)23(12-16)32-3/h5-14H,1-4H3,(H,27,30)/b10-9+. The Labute approximate surface area is 190 Å². The van der Waals surface area contributed by atoms with Gasteiger partial charge in [0.1, 0.15) is 0 Å². The fourth-order valence-electron chi connectivity index (χ4n) is 3.72. The summed E-state index contributed by atoms with van der Waals surface area (Å²) in [4.78, 5) is 27.9. The van der Waals surface area contributed by atoms with Gasteiger partial charge in [-0.2, -0.15) is 5.10 Å². The average molecular weight is 445 g/mol. The van der Waals surface area contributed by atoms with E-state index >= 15 is 0 Å². The van der Waals surface area contributed by atoms with Crippen LogP contribution in [-0.2, 0) is 0 Å². The topological polar surface area (TPSA) is 95.4 Å². The molecular weight excluding hydrogens is 422 g/mol. The van der Waals surface area contributed by atoms with Crippen molar-refractivity contribution in [3.63, 3.8) is 0 Å². The molecule has 0 atom stereocenters. The van der Waals surface area contributed by atoms with Gasteiger partial charge in [-0.05, 0) is 36.8 Å². The van der Waals surface area contributed by atoms with E-state index in [9.17, 15) is 9.59 Å². The summed E-state index contributed by atoms with van der Waals surface area (Å²) in [6.07, 6.45) is 4.64. The van der Waals surface area contributed by atoms with E-state index in [1.54, 1.807) is 29.8 Å². The molecule has 4 rings (SSSR count). The second-order valence-electron chi connectivity index (χ2n) is 7.28. The number of hydrogen-bond acceptors (Lipinski definition) is 6. The second-order valence-corrected chi connectivity index (χ2v) is 7.28. The Morgan fingerprint density at radius 1 is 1.03 bits per heavy atom. The highest BCUT2D eigenvalue weighted by Crippen LogP contribution is 2.38. The van der Waals surface area contributed by atoms with Crippen molar-refractivity contribution in [3.8, 4) is 22.9 Å². The summed E-state index contributed by atoms with van der Waals surface area (Å²) in [7, 11) is 4.60. The Morgan fingerprint density at radius 2 is 1.73 bits per heavy atom. The van der Waals surface area contributed by atoms with Crippen molar-refractivity contribution in [2.24, 2.45) is 0 Å². The maximum Gasteiger partial charge on any atom is 0.250 e. The number of rotatable bonds is 7. The normalized spacial score (nSPS) is 11.2. The number of nitrogens with one attached hydrogen (secondary N) is 1. The molecule has 1 N–H and O–H groups in total. The van der Waals surface area contributed by atoms with Crippen LogP contribution in [0.4, 0.5) is 0 Å². The molecule has 4 aromatic rings. The summed E-state index contributed by atoms with van der Waals surface area (Å²) in [5, 5.41) is 5.21. The molecule has 0 bridgehead atoms. The Kier molecular flexibility index (Phi) is 5.99. The van der Waals surface area contributed by atoms with Crippen molar-refractivity contribution in [1.82, 2.24) is 14.8 Å². The molecule has 0 saturated heterocycles. The number of carbonyl (C=O) groups is 1. The molecule has 0 aliphatic rings. The highest BCUT2D eigenvalue weighted by atomic mass is 16.5. The lowest BCUT2D eigenvalue weighted by Gasteiger charge is -2.12. The zero-order chi connectivity index (χ0) is 23.5. The van der Waals surface area contributed by atoms with Gasteiger partial charge in [-0.3, -0.25) is 9.59 Å². The van der Waals surface area contributed by atoms with Gasteiger partial charge in [-0.25, -0.2) is 4.68 Å². The number of ketones is 1. The number of pyridine rings is 1. The maximum atomic E-state index is 13.0. The van der Waals surface area contributed by atoms with E-state index in [-0.39, 0.29) is 11.3 Å². The average Bonchev–Trinajstić information content (AvgIpc) is 3.22. The molecule has 2 aromatic heterocycles. The maximum absolute atomic E-state index is 13.0. The van der Waals surface area contributed by atoms with Gasteiger partial charge in [0.05, 0.1) is 50.0 Å². The molecule has 0 spiro atoms. The van der Waals surface area contributed by atoms with E-state index < -0.39 is 0 Å². The predicted octanol–water partition coefficient (Wildman–Crippen LogP) is 3.94. The minimum absolute atomic E-state index is 0.221. The smallest absolute Gasteiger partial charge is 0.250 e. The summed E-state index contributed by atoms with van der Waals surface area (Å²) in [5.74, 6) is 1.25. The van der Waals surface area contributed by atoms with Gasteiger partial charge < -0.3 is 19.2 Å². The van der Waals surface area contributed by atoms with Crippen molar-refractivity contribution >= 4 is 22.8 Å². The second kappa shape index (κ2) is 9.04. The van der Waals surface area contributed by atoms with Gasteiger partial charge >= 0.3 is 0 Å². The minimum Gasteiger partial charge on any atom is -0.493 e. The van der Waals surface area contributed by atoms with E-state index in [1.807, 2.05) is 24.3 Å². The lowest BCUT2D eigenvalue weighted by molar-refractivity contribution is 0.104. The summed E-state index contributed by atoms with van der Waals surface area (Å²) in [6, 6.07) is 12.4. The van der Waals surface area contributed by atoms with Crippen molar-refractivity contribution in [2.45, 2.75) is 6.92 Å². The third kappa shape index (κ3) is 4.10. The lowest BCUT2D eigenvalue weighted by atomic mass is 10.1. The van der Waals surface area contributed by atoms with Crippen LogP contribution in [0.3, 0.4) is 0 Å². The monoisotopic (exact) mass is 445 g/mol. The number of aromatic amines is 1. The van der Waals surface area contributed by atoms with E-state index in [1.165, 1.54) is 39.7 Å². The zero-order valence-electron chi connectivity index (χ0n) is 18.7. The number of nitrogens with zero attached hydrogens (tertiary/aromatic N) is 2. The van der Waals surface area contributed by atoms with Gasteiger partial charge in [0.2, 0.25) is 5.75 Å². The Bertz CT molecular complexity index is 1410. The number of aromatic nitrogens is 3. The Balaban J connectivity index is 1.69. The Hall–Kier alpha value is -4.33. The molecule has 0 amide bonds. The van der Waals surface area contributed by atoms with Crippen LogP contribution in [0.15, 0.2) is 59.5 Å². The predicted molar refractivity (Wildman–Crippen MR) is 126 cm³/mol. The van der Waals surface area contributed by atoms with Crippen LogP contribution in [0.25, 0.3) is 22.7 Å². The number of ether oxygens (including phenoxy) is 3. The van der Waals surface area contributed by atoms with E-state index in [0.717, 1.165) is 5.39 Å². The third-order valence-electron chi connectivity index (χ3n) is 5.35. The molecule has 33 heavy (non-hydrogen) atoms. The number of benzene rings is 2. The SMILES string of the molecule is COc1cc(/C=C/C(=O)c2cnn(-c3cc(=O)[nH]c4ccccc34)c2C)cc(OC)c1OC. The van der Waals surface area contributed by atoms with Gasteiger partial charge in [0.15, 0.2) is 17.3 Å². The first-order valence-electron chi connectivity index (χ1n) is 10.2. The molecule has 0 fully saturated rings. The lowest BCUT2D eigenvalue weighted by Crippen LogP contribution is -2.10. The molecule has 0 aliphatic carbocycles. The number of methoxy groups -OCH3 is 3. The van der Waals surface area contributed by atoms with Crippen LogP contribution >= 0.6 is 0 Å². The van der Waals surface area contributed by atoms with Gasteiger partial charge in [-0.15, -0.1) is 0 Å². The van der Waals surface area contributed by atoms with E-state index in [4.69, 9.17) is 14.2 Å². The van der Waals surface area contributed by atoms with Crippen LogP contribution in [0.2, 0.25) is 0 Å². The fraction of sp³-hybridized carbons (Fsp3) is 0.160. The number of H-pyrrole nitrogens is 1. The van der Waals surface area contributed by atoms with Crippen molar-refractivity contribution in [1.29, 1.82) is 0 Å². The number of allylic oxidation sites excluding steroid dienone is 1. The molecule has 2 heterocycles. The van der Waals surface area contributed by atoms with Gasteiger partial charge in [0, 0.05) is 11.5 Å². The first kappa shape index (κ1) is 21.9. The molecule has 0 saturated carbocycles. The molecule has 2 aromatic carbocycles. The number of carbonyl (C=O) groups excluding carboxylic acids is 1. The quantitative estimate of drug-likeness (QED) is 0.342. The number of hydrogen-bond donors (Lipinski definition) is 1. The molecule has 8 heteroatoms. The summed E-state index contributed by atoms with van der Waals surface area (Å²) in [6.45, 7) is 1.80. The molecule has 168 valence electrons. The van der Waals surface area contributed by atoms with Crippen molar-refractivity contribution < 1.29 is 19.0 Å². The van der Waals surface area contributed by atoms with Crippen LogP contribution in [-0.4, -0.2) is 41.9 Å². The Morgan fingerprint density at radius 3 is 2.39 bits per heavy atom. The van der Waals surface area contributed by atoms with Crippen molar-refractivity contribution in [3.05, 3.63) is 81.9 Å². The van der Waals surface area contributed by atoms with E-state index in [2.05, 4.69) is 10.1 Å². The summed E-state index contributed by atoms with van der Waals surface area (Å²) < 4.78 is 17.7. The van der Waals surface area contributed by atoms with Crippen LogP contribution in [0.1, 0.15) is 21.6 Å². The highest BCUT2D eigenvalue weighted by Gasteiger charge is 2.16. The molecule has 0 unspecified atom stereocenters. The zero-order valence-corrected chi connectivity index (χ0v) is 18.7. The van der Waals surface area contributed by atoms with Crippen LogP contribution in [0, 0.1) is 6.92 Å². The number of fused-ring (bicyclic) bond motifs is 1. The molecule has 0 aliphatic heterocycles. The highest BCUT2D eigenvalue weighted by molar-refractivity contribution is 6.07. The third-order valence-corrected chi connectivity index (χ3v) is 5.35. The molecular formula is C25H23N3O5. The van der Waals surface area contributed by atoms with Crippen molar-refractivity contribution in [2.75, 3.05) is 21.3 Å². The largest absolute Gasteiger partial charge is 0.493 e. The first-order valence-corrected chi connectivity index (χ1v) is 10.2. The molecule has 8 nitrogen and oxygen atoms in total. The van der Waals surface area contributed by atoms with Crippen LogP contribution < -0.4 is 19.8 Å². The minimum atomic E-state index is -0.242. The van der Waals surface area contributed by atoms with Gasteiger partial charge in [-0.1, -0.05) is 24.3 Å².